The van der Waals surface area contributed by atoms with Gasteiger partial charge in [-0.15, -0.1) is 0 Å². The lowest BCUT2D eigenvalue weighted by Gasteiger charge is -2.11. The lowest BCUT2D eigenvalue weighted by molar-refractivity contribution is 0.830. The lowest BCUT2D eigenvalue weighted by Crippen LogP contribution is -2.07. The van der Waals surface area contributed by atoms with E-state index in [1.54, 1.807) is 0 Å². The maximum absolute atomic E-state index is 5.97. The molecule has 1 heterocycles. The number of nitrogens with one attached hydrogen (secondary N) is 2. The van der Waals surface area contributed by atoms with Crippen LogP contribution in [0, 0.1) is 13.8 Å². The quantitative estimate of drug-likeness (QED) is 0.759. The van der Waals surface area contributed by atoms with Crippen molar-refractivity contribution >= 4 is 29.1 Å². The van der Waals surface area contributed by atoms with Crippen LogP contribution in [-0.4, -0.2) is 16.5 Å². The van der Waals surface area contributed by atoms with Crippen molar-refractivity contribution in [1.82, 2.24) is 9.97 Å². The Morgan fingerprint density at radius 1 is 1.14 bits per heavy atom. The zero-order chi connectivity index (χ0) is 15.2. The molecular weight excluding hydrogens is 284 g/mol. The van der Waals surface area contributed by atoms with Gasteiger partial charge in [-0.25, -0.2) is 4.98 Å². The molecule has 1 aromatic carbocycles. The summed E-state index contributed by atoms with van der Waals surface area (Å²) in [7, 11) is 0. The van der Waals surface area contributed by atoms with Crippen LogP contribution in [0.25, 0.3) is 0 Å². The average Bonchev–Trinajstić information content (AvgIpc) is 2.42. The Balaban J connectivity index is 2.15. The average molecular weight is 305 g/mol. The summed E-state index contributed by atoms with van der Waals surface area (Å²) in [4.78, 5) is 8.92. The van der Waals surface area contributed by atoms with Crippen molar-refractivity contribution in [1.29, 1.82) is 0 Å². The predicted molar refractivity (Wildman–Crippen MR) is 89.6 cm³/mol. The van der Waals surface area contributed by atoms with Gasteiger partial charge in [-0.05, 0) is 44.0 Å². The summed E-state index contributed by atoms with van der Waals surface area (Å²) in [6, 6.07) is 7.66. The van der Waals surface area contributed by atoms with Crippen molar-refractivity contribution < 1.29 is 0 Å². The van der Waals surface area contributed by atoms with Gasteiger partial charge >= 0.3 is 0 Å². The Kier molecular flexibility index (Phi) is 5.39. The van der Waals surface area contributed by atoms with Gasteiger partial charge in [0.25, 0.3) is 0 Å². The molecule has 2 rings (SSSR count). The van der Waals surface area contributed by atoms with Crippen LogP contribution < -0.4 is 10.6 Å². The topological polar surface area (TPSA) is 49.8 Å². The number of benzene rings is 1. The first-order valence-corrected chi connectivity index (χ1v) is 7.59. The normalized spacial score (nSPS) is 10.5. The smallest absolute Gasteiger partial charge is 0.229 e. The number of unbranched alkanes of at least 4 members (excludes halogenated alkanes) is 1. The molecule has 0 aliphatic heterocycles. The second-order valence-corrected chi connectivity index (χ2v) is 5.52. The molecule has 2 N–H and O–H groups in total. The molecule has 0 atom stereocenters. The van der Waals surface area contributed by atoms with Gasteiger partial charge in [0.2, 0.25) is 5.95 Å². The van der Waals surface area contributed by atoms with Gasteiger partial charge in [-0.3, -0.25) is 0 Å². The fourth-order valence-electron chi connectivity index (χ4n) is 2.00. The fourth-order valence-corrected chi connectivity index (χ4v) is 2.22. The third kappa shape index (κ3) is 4.60. The number of aryl methyl sites for hydroxylation is 2. The Labute approximate surface area is 131 Å². The summed E-state index contributed by atoms with van der Waals surface area (Å²) in [5.41, 5.74) is 2.95. The van der Waals surface area contributed by atoms with Gasteiger partial charge in [0.05, 0.1) is 0 Å². The molecule has 2 aromatic rings. The van der Waals surface area contributed by atoms with Crippen LogP contribution >= 0.6 is 11.6 Å². The Bertz CT molecular complexity index is 613. The first-order valence-electron chi connectivity index (χ1n) is 7.21. The summed E-state index contributed by atoms with van der Waals surface area (Å²) >= 11 is 5.97. The van der Waals surface area contributed by atoms with Gasteiger partial charge in [0.1, 0.15) is 5.82 Å². The first-order chi connectivity index (χ1) is 10.1. The lowest BCUT2D eigenvalue weighted by atomic mass is 10.2. The maximum atomic E-state index is 5.97. The Hall–Kier alpha value is -1.81. The SMILES string of the molecule is CCCCNc1cc(C)nc(Nc2ccc(Cl)cc2C)n1. The molecule has 21 heavy (non-hydrogen) atoms. The molecule has 0 aliphatic rings. The van der Waals surface area contributed by atoms with Crippen LogP contribution in [0.15, 0.2) is 24.3 Å². The second-order valence-electron chi connectivity index (χ2n) is 5.08. The van der Waals surface area contributed by atoms with E-state index in [-0.39, 0.29) is 0 Å². The molecule has 0 saturated heterocycles. The molecule has 0 radical (unpaired) electrons. The zero-order valence-electron chi connectivity index (χ0n) is 12.7. The van der Waals surface area contributed by atoms with E-state index in [0.717, 1.165) is 47.2 Å². The molecule has 0 unspecified atom stereocenters. The summed E-state index contributed by atoms with van der Waals surface area (Å²) in [5.74, 6) is 1.45. The van der Waals surface area contributed by atoms with Crippen molar-refractivity contribution in [3.8, 4) is 0 Å². The highest BCUT2D eigenvalue weighted by molar-refractivity contribution is 6.30. The Morgan fingerprint density at radius 2 is 1.95 bits per heavy atom. The van der Waals surface area contributed by atoms with Crippen molar-refractivity contribution in [3.05, 3.63) is 40.5 Å². The number of rotatable bonds is 6. The van der Waals surface area contributed by atoms with Crippen molar-refractivity contribution in [2.75, 3.05) is 17.2 Å². The first kappa shape index (κ1) is 15.6. The monoisotopic (exact) mass is 304 g/mol. The van der Waals surface area contributed by atoms with Crippen LogP contribution in [0.4, 0.5) is 17.5 Å². The van der Waals surface area contributed by atoms with E-state index in [4.69, 9.17) is 11.6 Å². The third-order valence-electron chi connectivity index (χ3n) is 3.13. The van der Waals surface area contributed by atoms with Crippen LogP contribution in [0.2, 0.25) is 5.02 Å². The molecule has 0 amide bonds. The van der Waals surface area contributed by atoms with Gasteiger partial charge < -0.3 is 10.6 Å². The van der Waals surface area contributed by atoms with Gasteiger partial charge in [0, 0.05) is 29.0 Å². The third-order valence-corrected chi connectivity index (χ3v) is 3.36. The summed E-state index contributed by atoms with van der Waals surface area (Å²) in [5, 5.41) is 7.30. The fraction of sp³-hybridized carbons (Fsp3) is 0.375. The van der Waals surface area contributed by atoms with Crippen LogP contribution in [0.1, 0.15) is 31.0 Å². The van der Waals surface area contributed by atoms with Crippen LogP contribution in [0.5, 0.6) is 0 Å². The highest BCUT2D eigenvalue weighted by Gasteiger charge is 2.05. The highest BCUT2D eigenvalue weighted by Crippen LogP contribution is 2.22. The highest BCUT2D eigenvalue weighted by atomic mass is 35.5. The minimum Gasteiger partial charge on any atom is -0.370 e. The van der Waals surface area contributed by atoms with E-state index in [1.165, 1.54) is 0 Å². The standard InChI is InChI=1S/C16H21ClN4/c1-4-5-8-18-15-10-12(3)19-16(21-15)20-14-7-6-13(17)9-11(14)2/h6-7,9-10H,4-5,8H2,1-3H3,(H2,18,19,20,21). The molecule has 0 fully saturated rings. The molecule has 112 valence electrons. The summed E-state index contributed by atoms with van der Waals surface area (Å²) < 4.78 is 0. The van der Waals surface area contributed by atoms with Crippen LogP contribution in [-0.2, 0) is 0 Å². The van der Waals surface area contributed by atoms with E-state index in [9.17, 15) is 0 Å². The number of nitrogens with zero attached hydrogens (tertiary/aromatic N) is 2. The number of hydrogen-bond donors (Lipinski definition) is 2. The molecular formula is C16H21ClN4. The van der Waals surface area contributed by atoms with Crippen molar-refractivity contribution in [3.63, 3.8) is 0 Å². The van der Waals surface area contributed by atoms with Gasteiger partial charge in [0.15, 0.2) is 0 Å². The van der Waals surface area contributed by atoms with E-state index >= 15 is 0 Å². The molecule has 4 nitrogen and oxygen atoms in total. The number of hydrogen-bond acceptors (Lipinski definition) is 4. The molecule has 1 aromatic heterocycles. The van der Waals surface area contributed by atoms with E-state index < -0.39 is 0 Å². The number of halogens is 1. The minimum atomic E-state index is 0.597. The van der Waals surface area contributed by atoms with Crippen molar-refractivity contribution in [2.45, 2.75) is 33.6 Å². The maximum Gasteiger partial charge on any atom is 0.229 e. The number of aromatic nitrogens is 2. The van der Waals surface area contributed by atoms with E-state index in [2.05, 4.69) is 27.5 Å². The zero-order valence-corrected chi connectivity index (χ0v) is 13.5. The van der Waals surface area contributed by atoms with E-state index in [1.807, 2.05) is 38.1 Å². The minimum absolute atomic E-state index is 0.597. The second kappa shape index (κ2) is 7.27. The van der Waals surface area contributed by atoms with Gasteiger partial charge in [-0.1, -0.05) is 24.9 Å². The molecule has 0 saturated carbocycles. The van der Waals surface area contributed by atoms with Crippen LogP contribution in [0.3, 0.4) is 0 Å². The molecule has 0 spiro atoms. The molecule has 0 aliphatic carbocycles. The van der Waals surface area contributed by atoms with Gasteiger partial charge in [-0.2, -0.15) is 4.98 Å². The summed E-state index contributed by atoms with van der Waals surface area (Å²) in [6.07, 6.45) is 2.29. The predicted octanol–water partition coefficient (Wildman–Crippen LogP) is 4.70. The summed E-state index contributed by atoms with van der Waals surface area (Å²) in [6.45, 7) is 7.06. The number of anilines is 3. The van der Waals surface area contributed by atoms with E-state index in [0.29, 0.717) is 5.95 Å². The van der Waals surface area contributed by atoms with Crippen molar-refractivity contribution in [2.24, 2.45) is 0 Å². The molecule has 0 bridgehead atoms. The Morgan fingerprint density at radius 3 is 2.67 bits per heavy atom. The largest absolute Gasteiger partial charge is 0.370 e. The molecule has 5 heteroatoms.